The van der Waals surface area contributed by atoms with Crippen molar-refractivity contribution in [1.29, 1.82) is 0 Å². The minimum Gasteiger partial charge on any atom is -0.342 e. The fraction of sp³-hybridized carbons (Fsp3) is 0.438. The largest absolute Gasteiger partial charge is 0.342 e. The van der Waals surface area contributed by atoms with Crippen molar-refractivity contribution in [2.24, 2.45) is 11.8 Å². The Morgan fingerprint density at radius 3 is 2.57 bits per heavy atom. The minimum absolute atomic E-state index is 0.0265. The first kappa shape index (κ1) is 12.6. The van der Waals surface area contributed by atoms with Crippen molar-refractivity contribution < 1.29 is 9.59 Å². The molecule has 0 spiro atoms. The van der Waals surface area contributed by atoms with Crippen LogP contribution >= 0.6 is 0 Å². The maximum absolute atomic E-state index is 12.3. The number of para-hydroxylation sites is 2. The molecule has 1 aliphatic carbocycles. The number of amides is 2. The summed E-state index contributed by atoms with van der Waals surface area (Å²) in [5.74, 6) is 0.785. The number of nitrogens with zero attached hydrogens (tertiary/aromatic N) is 2. The van der Waals surface area contributed by atoms with Gasteiger partial charge in [-0.15, -0.1) is 0 Å². The molecular formula is C16H17N3O2. The molecule has 1 aromatic heterocycles. The number of hydrogen-bond donors (Lipinski definition) is 1. The summed E-state index contributed by atoms with van der Waals surface area (Å²) in [6, 6.07) is 7.83. The molecule has 1 saturated carbocycles. The number of imide groups is 1. The minimum atomic E-state index is -0.0480. The number of hydrogen-bond acceptors (Lipinski definition) is 3. The number of H-pyrrole nitrogens is 1. The van der Waals surface area contributed by atoms with Crippen molar-refractivity contribution in [3.63, 3.8) is 0 Å². The van der Waals surface area contributed by atoms with Crippen molar-refractivity contribution in [3.8, 4) is 0 Å². The Hall–Kier alpha value is -2.17. The zero-order valence-electron chi connectivity index (χ0n) is 11.7. The Morgan fingerprint density at radius 1 is 1.14 bits per heavy atom. The molecule has 5 nitrogen and oxygen atoms in total. The number of imidazole rings is 1. The lowest BCUT2D eigenvalue weighted by Gasteiger charge is -2.14. The van der Waals surface area contributed by atoms with Crippen LogP contribution in [0.1, 0.15) is 25.1 Å². The molecule has 0 bridgehead atoms. The average molecular weight is 283 g/mol. The second kappa shape index (κ2) is 4.69. The Labute approximate surface area is 122 Å². The highest BCUT2D eigenvalue weighted by Gasteiger charge is 2.49. The molecule has 2 aliphatic rings. The first-order chi connectivity index (χ1) is 10.2. The van der Waals surface area contributed by atoms with Gasteiger partial charge in [-0.25, -0.2) is 4.98 Å². The van der Waals surface area contributed by atoms with Gasteiger partial charge in [-0.1, -0.05) is 18.6 Å². The Morgan fingerprint density at radius 2 is 1.86 bits per heavy atom. The van der Waals surface area contributed by atoms with Crippen molar-refractivity contribution in [3.05, 3.63) is 30.1 Å². The van der Waals surface area contributed by atoms with E-state index in [4.69, 9.17) is 0 Å². The first-order valence-electron chi connectivity index (χ1n) is 7.53. The molecule has 2 fully saturated rings. The van der Waals surface area contributed by atoms with Gasteiger partial charge in [0, 0.05) is 13.0 Å². The smallest absolute Gasteiger partial charge is 0.233 e. The summed E-state index contributed by atoms with van der Waals surface area (Å²) in [5, 5.41) is 0. The normalized spacial score (nSPS) is 25.0. The lowest BCUT2D eigenvalue weighted by molar-refractivity contribution is -0.140. The molecule has 1 saturated heterocycles. The second-order valence-corrected chi connectivity index (χ2v) is 5.92. The van der Waals surface area contributed by atoms with Gasteiger partial charge in [0.2, 0.25) is 11.8 Å². The predicted octanol–water partition coefficient (Wildman–Crippen LogP) is 1.89. The van der Waals surface area contributed by atoms with Gasteiger partial charge < -0.3 is 4.98 Å². The lowest BCUT2D eigenvalue weighted by Crippen LogP contribution is -2.33. The summed E-state index contributed by atoms with van der Waals surface area (Å²) in [7, 11) is 0. The van der Waals surface area contributed by atoms with Gasteiger partial charge in [-0.2, -0.15) is 0 Å². The van der Waals surface area contributed by atoms with E-state index in [2.05, 4.69) is 9.97 Å². The van der Waals surface area contributed by atoms with Crippen molar-refractivity contribution in [1.82, 2.24) is 14.9 Å². The molecule has 21 heavy (non-hydrogen) atoms. The van der Waals surface area contributed by atoms with Crippen LogP contribution in [0.15, 0.2) is 24.3 Å². The van der Waals surface area contributed by atoms with Crippen LogP contribution in [0.5, 0.6) is 0 Å². The van der Waals surface area contributed by atoms with E-state index in [0.717, 1.165) is 36.1 Å². The number of rotatable bonds is 3. The fourth-order valence-corrected chi connectivity index (χ4v) is 3.62. The van der Waals surface area contributed by atoms with Gasteiger partial charge in [0.05, 0.1) is 22.9 Å². The topological polar surface area (TPSA) is 66.1 Å². The SMILES string of the molecule is O=C1C2CCCC2C(=O)N1CCc1nc2ccccc2[nH]1. The van der Waals surface area contributed by atoms with Gasteiger partial charge in [-0.3, -0.25) is 14.5 Å². The van der Waals surface area contributed by atoms with Crippen LogP contribution in [-0.2, 0) is 16.0 Å². The molecule has 2 aromatic rings. The van der Waals surface area contributed by atoms with E-state index in [9.17, 15) is 9.59 Å². The number of aromatic nitrogens is 2. The molecular weight excluding hydrogens is 266 g/mol. The summed E-state index contributed by atoms with van der Waals surface area (Å²) in [6.45, 7) is 0.435. The summed E-state index contributed by atoms with van der Waals surface area (Å²) < 4.78 is 0. The van der Waals surface area contributed by atoms with Gasteiger partial charge in [0.1, 0.15) is 5.82 Å². The number of likely N-dealkylation sites (tertiary alicyclic amines) is 1. The Kier molecular flexibility index (Phi) is 2.80. The van der Waals surface area contributed by atoms with Crippen LogP contribution in [0.3, 0.4) is 0 Å². The van der Waals surface area contributed by atoms with Crippen LogP contribution < -0.4 is 0 Å². The van der Waals surface area contributed by atoms with E-state index >= 15 is 0 Å². The summed E-state index contributed by atoms with van der Waals surface area (Å²) in [4.78, 5) is 33.7. The maximum atomic E-state index is 12.3. The van der Waals surface area contributed by atoms with Crippen LogP contribution in [0, 0.1) is 11.8 Å². The van der Waals surface area contributed by atoms with Gasteiger partial charge in [0.25, 0.3) is 0 Å². The molecule has 2 atom stereocenters. The highest BCUT2D eigenvalue weighted by molar-refractivity contribution is 6.05. The average Bonchev–Trinajstić information content (AvgIpc) is 3.16. The summed E-state index contributed by atoms with van der Waals surface area (Å²) in [5.41, 5.74) is 1.91. The molecule has 1 aliphatic heterocycles. The molecule has 2 heterocycles. The van der Waals surface area contributed by atoms with Crippen LogP contribution in [-0.4, -0.2) is 33.2 Å². The maximum Gasteiger partial charge on any atom is 0.233 e. The lowest BCUT2D eigenvalue weighted by atomic mass is 10.00. The standard InChI is InChI=1S/C16H17N3O2/c20-15-10-4-3-5-11(10)16(21)19(15)9-8-14-17-12-6-1-2-7-13(12)18-14/h1-2,6-7,10-11H,3-5,8-9H2,(H,17,18). The van der Waals surface area contributed by atoms with E-state index in [1.807, 2.05) is 24.3 Å². The number of aromatic amines is 1. The first-order valence-corrected chi connectivity index (χ1v) is 7.53. The zero-order chi connectivity index (χ0) is 14.4. The molecule has 1 aromatic carbocycles. The summed E-state index contributed by atoms with van der Waals surface area (Å²) >= 11 is 0. The third-order valence-electron chi connectivity index (χ3n) is 4.69. The zero-order valence-corrected chi connectivity index (χ0v) is 11.7. The van der Waals surface area contributed by atoms with E-state index in [1.165, 1.54) is 4.90 Å². The van der Waals surface area contributed by atoms with Crippen LogP contribution in [0.25, 0.3) is 11.0 Å². The number of nitrogens with one attached hydrogen (secondary N) is 1. The van der Waals surface area contributed by atoms with E-state index in [0.29, 0.717) is 13.0 Å². The van der Waals surface area contributed by atoms with Crippen LogP contribution in [0.4, 0.5) is 0 Å². The molecule has 2 amide bonds. The monoisotopic (exact) mass is 283 g/mol. The molecule has 1 N–H and O–H groups in total. The fourth-order valence-electron chi connectivity index (χ4n) is 3.62. The van der Waals surface area contributed by atoms with Crippen molar-refractivity contribution in [2.75, 3.05) is 6.54 Å². The number of fused-ring (bicyclic) bond motifs is 2. The van der Waals surface area contributed by atoms with Crippen LogP contribution in [0.2, 0.25) is 0 Å². The number of carbonyl (C=O) groups excluding carboxylic acids is 2. The highest BCUT2D eigenvalue weighted by Crippen LogP contribution is 2.39. The third kappa shape index (κ3) is 1.95. The molecule has 0 radical (unpaired) electrons. The Balaban J connectivity index is 1.49. The van der Waals surface area contributed by atoms with Crippen molar-refractivity contribution in [2.45, 2.75) is 25.7 Å². The van der Waals surface area contributed by atoms with Crippen molar-refractivity contribution >= 4 is 22.8 Å². The van der Waals surface area contributed by atoms with Gasteiger partial charge >= 0.3 is 0 Å². The molecule has 5 heteroatoms. The van der Waals surface area contributed by atoms with Gasteiger partial charge in [-0.05, 0) is 25.0 Å². The number of benzene rings is 1. The van der Waals surface area contributed by atoms with E-state index < -0.39 is 0 Å². The predicted molar refractivity (Wildman–Crippen MR) is 77.3 cm³/mol. The second-order valence-electron chi connectivity index (χ2n) is 5.92. The van der Waals surface area contributed by atoms with E-state index in [1.54, 1.807) is 0 Å². The third-order valence-corrected chi connectivity index (χ3v) is 4.69. The summed E-state index contributed by atoms with van der Waals surface area (Å²) in [6.07, 6.45) is 3.34. The molecule has 2 unspecified atom stereocenters. The van der Waals surface area contributed by atoms with E-state index in [-0.39, 0.29) is 23.7 Å². The Bertz CT molecular complexity index is 666. The quantitative estimate of drug-likeness (QED) is 0.875. The number of carbonyl (C=O) groups is 2. The highest BCUT2D eigenvalue weighted by atomic mass is 16.2. The molecule has 108 valence electrons. The molecule has 4 rings (SSSR count). The van der Waals surface area contributed by atoms with Gasteiger partial charge in [0.15, 0.2) is 0 Å².